The summed E-state index contributed by atoms with van der Waals surface area (Å²) in [6.45, 7) is 5.33. The van der Waals surface area contributed by atoms with Crippen molar-refractivity contribution < 1.29 is 24.2 Å². The molecule has 0 amide bonds. The Labute approximate surface area is 83.0 Å². The Bertz CT molecular complexity index is 199. The molecule has 0 spiro atoms. The molecule has 5 nitrogen and oxygen atoms in total. The highest BCUT2D eigenvalue weighted by Crippen LogP contribution is 2.04. The van der Waals surface area contributed by atoms with E-state index in [1.807, 2.05) is 0 Å². The second-order valence-corrected chi connectivity index (χ2v) is 3.02. The second-order valence-electron chi connectivity index (χ2n) is 3.02. The molecule has 0 aromatic rings. The summed E-state index contributed by atoms with van der Waals surface area (Å²) in [4.78, 5) is 21.6. The standard InChI is InChI=1S/C9H16O5/c1-4-13-8(10)5-7(9(11)12)14-6(2)3/h6-7H,4-5H2,1-3H3,(H,11,12). The van der Waals surface area contributed by atoms with Crippen LogP contribution in [0.4, 0.5) is 0 Å². The molecule has 0 aliphatic rings. The van der Waals surface area contributed by atoms with E-state index >= 15 is 0 Å². The van der Waals surface area contributed by atoms with Gasteiger partial charge in [-0.3, -0.25) is 4.79 Å². The summed E-state index contributed by atoms with van der Waals surface area (Å²) in [6.07, 6.45) is -1.60. The Morgan fingerprint density at radius 1 is 1.36 bits per heavy atom. The van der Waals surface area contributed by atoms with Gasteiger partial charge in [0.2, 0.25) is 0 Å². The second kappa shape index (κ2) is 6.37. The van der Waals surface area contributed by atoms with Gasteiger partial charge in [0.1, 0.15) is 0 Å². The van der Waals surface area contributed by atoms with Crippen molar-refractivity contribution in [2.24, 2.45) is 0 Å². The molecule has 0 bridgehead atoms. The van der Waals surface area contributed by atoms with Crippen LogP contribution in [0, 0.1) is 0 Å². The molecule has 0 fully saturated rings. The number of ether oxygens (including phenoxy) is 2. The number of rotatable bonds is 6. The van der Waals surface area contributed by atoms with Crippen molar-refractivity contribution in [1.82, 2.24) is 0 Å². The minimum atomic E-state index is -1.15. The molecule has 0 rings (SSSR count). The molecule has 0 aromatic carbocycles. The summed E-state index contributed by atoms with van der Waals surface area (Å²) >= 11 is 0. The van der Waals surface area contributed by atoms with Gasteiger partial charge in [-0.25, -0.2) is 4.79 Å². The van der Waals surface area contributed by atoms with Crippen LogP contribution in [0.5, 0.6) is 0 Å². The van der Waals surface area contributed by atoms with Gasteiger partial charge in [0.15, 0.2) is 6.10 Å². The lowest BCUT2D eigenvalue weighted by Gasteiger charge is -2.15. The lowest BCUT2D eigenvalue weighted by atomic mass is 10.2. The van der Waals surface area contributed by atoms with E-state index < -0.39 is 18.0 Å². The maximum atomic E-state index is 11.0. The van der Waals surface area contributed by atoms with E-state index in [1.165, 1.54) is 0 Å². The number of carboxylic acid groups (broad SMARTS) is 1. The van der Waals surface area contributed by atoms with Crippen molar-refractivity contribution in [2.45, 2.75) is 39.4 Å². The van der Waals surface area contributed by atoms with Crippen LogP contribution < -0.4 is 0 Å². The largest absolute Gasteiger partial charge is 0.479 e. The third kappa shape index (κ3) is 5.53. The van der Waals surface area contributed by atoms with Gasteiger partial charge in [0.05, 0.1) is 19.1 Å². The van der Waals surface area contributed by atoms with Crippen molar-refractivity contribution in [1.29, 1.82) is 0 Å². The summed E-state index contributed by atoms with van der Waals surface area (Å²) in [5.41, 5.74) is 0. The average molecular weight is 204 g/mol. The highest BCUT2D eigenvalue weighted by molar-refractivity contribution is 5.80. The molecule has 1 N–H and O–H groups in total. The van der Waals surface area contributed by atoms with Gasteiger partial charge in [-0.2, -0.15) is 0 Å². The molecule has 0 saturated carbocycles. The summed E-state index contributed by atoms with van der Waals surface area (Å²) < 4.78 is 9.65. The first-order valence-electron chi connectivity index (χ1n) is 4.51. The van der Waals surface area contributed by atoms with E-state index in [1.54, 1.807) is 20.8 Å². The molecule has 0 radical (unpaired) electrons. The van der Waals surface area contributed by atoms with Crippen molar-refractivity contribution in [3.05, 3.63) is 0 Å². The third-order valence-corrected chi connectivity index (χ3v) is 1.37. The minimum Gasteiger partial charge on any atom is -0.479 e. The smallest absolute Gasteiger partial charge is 0.333 e. The number of hydrogen-bond donors (Lipinski definition) is 1. The molecule has 5 heteroatoms. The molecule has 14 heavy (non-hydrogen) atoms. The number of esters is 1. The van der Waals surface area contributed by atoms with E-state index in [2.05, 4.69) is 4.74 Å². The highest BCUT2D eigenvalue weighted by atomic mass is 16.5. The van der Waals surface area contributed by atoms with E-state index in [0.717, 1.165) is 0 Å². The van der Waals surface area contributed by atoms with Crippen LogP contribution >= 0.6 is 0 Å². The van der Waals surface area contributed by atoms with E-state index in [9.17, 15) is 9.59 Å². The van der Waals surface area contributed by atoms with Crippen molar-refractivity contribution in [3.63, 3.8) is 0 Å². The van der Waals surface area contributed by atoms with E-state index in [-0.39, 0.29) is 19.1 Å². The number of carbonyl (C=O) groups excluding carboxylic acids is 1. The van der Waals surface area contributed by atoms with Crippen LogP contribution in [0.25, 0.3) is 0 Å². The monoisotopic (exact) mass is 204 g/mol. The van der Waals surface area contributed by atoms with Crippen LogP contribution in [-0.2, 0) is 19.1 Å². The average Bonchev–Trinajstić information content (AvgIpc) is 2.02. The van der Waals surface area contributed by atoms with Crippen molar-refractivity contribution in [2.75, 3.05) is 6.61 Å². The summed E-state index contributed by atoms with van der Waals surface area (Å²) in [6, 6.07) is 0. The molecule has 82 valence electrons. The number of hydrogen-bond acceptors (Lipinski definition) is 4. The zero-order chi connectivity index (χ0) is 11.1. The first-order valence-corrected chi connectivity index (χ1v) is 4.51. The van der Waals surface area contributed by atoms with Crippen molar-refractivity contribution in [3.8, 4) is 0 Å². The van der Waals surface area contributed by atoms with Crippen LogP contribution in [0.3, 0.4) is 0 Å². The Morgan fingerprint density at radius 3 is 2.29 bits per heavy atom. The number of carboxylic acids is 1. The zero-order valence-corrected chi connectivity index (χ0v) is 8.65. The van der Waals surface area contributed by atoms with Gasteiger partial charge in [-0.05, 0) is 20.8 Å². The summed E-state index contributed by atoms with van der Waals surface area (Å²) in [5, 5.41) is 8.71. The Kier molecular flexibility index (Phi) is 5.87. The van der Waals surface area contributed by atoms with E-state index in [4.69, 9.17) is 9.84 Å². The zero-order valence-electron chi connectivity index (χ0n) is 8.65. The molecule has 0 heterocycles. The SMILES string of the molecule is CCOC(=O)CC(OC(C)C)C(=O)O. The van der Waals surface area contributed by atoms with Gasteiger partial charge in [0, 0.05) is 0 Å². The highest BCUT2D eigenvalue weighted by Gasteiger charge is 2.23. The molecule has 0 aliphatic heterocycles. The Hall–Kier alpha value is -1.10. The van der Waals surface area contributed by atoms with Gasteiger partial charge < -0.3 is 14.6 Å². The fourth-order valence-electron chi connectivity index (χ4n) is 0.893. The minimum absolute atomic E-state index is 0.231. The normalized spacial score (nSPS) is 12.6. The predicted molar refractivity (Wildman–Crippen MR) is 48.9 cm³/mol. The fraction of sp³-hybridized carbons (Fsp3) is 0.778. The molecule has 0 aliphatic carbocycles. The van der Waals surface area contributed by atoms with Gasteiger partial charge >= 0.3 is 11.9 Å². The molecule has 0 aromatic heterocycles. The fourth-order valence-corrected chi connectivity index (χ4v) is 0.893. The molecule has 0 saturated heterocycles. The maximum absolute atomic E-state index is 11.0. The first-order chi connectivity index (χ1) is 6.47. The van der Waals surface area contributed by atoms with E-state index in [0.29, 0.717) is 0 Å². The predicted octanol–water partition coefficient (Wildman–Crippen LogP) is 0.818. The molecular formula is C9H16O5. The molecule has 1 unspecified atom stereocenters. The lowest BCUT2D eigenvalue weighted by molar-refractivity contribution is -0.161. The first kappa shape index (κ1) is 12.9. The molecular weight excluding hydrogens is 188 g/mol. The van der Waals surface area contributed by atoms with Gasteiger partial charge in [-0.1, -0.05) is 0 Å². The Balaban J connectivity index is 4.09. The lowest BCUT2D eigenvalue weighted by Crippen LogP contribution is -2.30. The summed E-state index contributed by atoms with van der Waals surface area (Å²) in [5.74, 6) is -1.70. The van der Waals surface area contributed by atoms with Crippen LogP contribution in [0.1, 0.15) is 27.2 Å². The topological polar surface area (TPSA) is 72.8 Å². The van der Waals surface area contributed by atoms with Crippen molar-refractivity contribution >= 4 is 11.9 Å². The number of carbonyl (C=O) groups is 2. The maximum Gasteiger partial charge on any atom is 0.333 e. The third-order valence-electron chi connectivity index (χ3n) is 1.37. The van der Waals surface area contributed by atoms with Gasteiger partial charge in [-0.15, -0.1) is 0 Å². The summed E-state index contributed by atoms with van der Waals surface area (Å²) in [7, 11) is 0. The quantitative estimate of drug-likeness (QED) is 0.648. The van der Waals surface area contributed by atoms with Crippen LogP contribution in [0.15, 0.2) is 0 Å². The van der Waals surface area contributed by atoms with Gasteiger partial charge in [0.25, 0.3) is 0 Å². The number of aliphatic carboxylic acids is 1. The van der Waals surface area contributed by atoms with Crippen LogP contribution in [0.2, 0.25) is 0 Å². The van der Waals surface area contributed by atoms with Crippen LogP contribution in [-0.4, -0.2) is 35.9 Å². The molecule has 1 atom stereocenters. The Morgan fingerprint density at radius 2 is 1.93 bits per heavy atom.